The zero-order valence-corrected chi connectivity index (χ0v) is 16.6. The third-order valence-corrected chi connectivity index (χ3v) is 7.82. The van der Waals surface area contributed by atoms with Crippen molar-refractivity contribution in [3.8, 4) is 0 Å². The first-order valence-corrected chi connectivity index (χ1v) is 10.9. The zero-order valence-electron chi connectivity index (χ0n) is 16.6. The van der Waals surface area contributed by atoms with E-state index in [2.05, 4.69) is 34.5 Å². The van der Waals surface area contributed by atoms with Crippen LogP contribution in [0.3, 0.4) is 0 Å². The van der Waals surface area contributed by atoms with Gasteiger partial charge in [0, 0.05) is 32.7 Å². The van der Waals surface area contributed by atoms with Crippen LogP contribution in [0.25, 0.3) is 0 Å². The van der Waals surface area contributed by atoms with E-state index >= 15 is 0 Å². The van der Waals surface area contributed by atoms with Crippen LogP contribution in [0.4, 0.5) is 0 Å². The van der Waals surface area contributed by atoms with E-state index in [1.165, 1.54) is 24.8 Å². The first-order valence-electron chi connectivity index (χ1n) is 10.9. The van der Waals surface area contributed by atoms with Gasteiger partial charge in [0.25, 0.3) is 0 Å². The summed E-state index contributed by atoms with van der Waals surface area (Å²) in [5.74, 6) is 2.33. The summed E-state index contributed by atoms with van der Waals surface area (Å²) in [5, 5.41) is 3.03. The molecule has 28 heavy (non-hydrogen) atoms. The van der Waals surface area contributed by atoms with Crippen molar-refractivity contribution >= 4 is 11.8 Å². The molecule has 0 spiro atoms. The van der Waals surface area contributed by atoms with E-state index in [0.29, 0.717) is 5.92 Å². The summed E-state index contributed by atoms with van der Waals surface area (Å²) in [6, 6.07) is 10.5. The van der Waals surface area contributed by atoms with Crippen LogP contribution in [-0.4, -0.2) is 54.3 Å². The average molecular weight is 382 g/mol. The van der Waals surface area contributed by atoms with E-state index in [4.69, 9.17) is 0 Å². The van der Waals surface area contributed by atoms with E-state index in [-0.39, 0.29) is 23.8 Å². The summed E-state index contributed by atoms with van der Waals surface area (Å²) < 4.78 is 0. The number of amides is 2. The van der Waals surface area contributed by atoms with Crippen molar-refractivity contribution in [2.45, 2.75) is 38.6 Å². The molecule has 1 aromatic carbocycles. The molecular formula is C23H31N3O2. The van der Waals surface area contributed by atoms with E-state index < -0.39 is 0 Å². The molecule has 4 saturated carbocycles. The predicted octanol–water partition coefficient (Wildman–Crippen LogP) is 2.27. The molecule has 2 unspecified atom stereocenters. The van der Waals surface area contributed by atoms with Gasteiger partial charge in [-0.25, -0.2) is 0 Å². The lowest BCUT2D eigenvalue weighted by atomic mass is 9.75. The molecule has 1 heterocycles. The number of hydrogen-bond donors (Lipinski definition) is 1. The lowest BCUT2D eigenvalue weighted by molar-refractivity contribution is -0.138. The molecule has 1 N–H and O–H groups in total. The van der Waals surface area contributed by atoms with Gasteiger partial charge in [-0.3, -0.25) is 14.5 Å². The van der Waals surface area contributed by atoms with Gasteiger partial charge in [-0.05, 0) is 55.4 Å². The number of nitrogens with one attached hydrogen (secondary N) is 1. The minimum atomic E-state index is -0.137. The Bertz CT molecular complexity index is 727. The first-order chi connectivity index (χ1) is 13.6. The van der Waals surface area contributed by atoms with Crippen LogP contribution in [0.15, 0.2) is 30.3 Å². The van der Waals surface area contributed by atoms with Crippen molar-refractivity contribution in [3.63, 3.8) is 0 Å². The van der Waals surface area contributed by atoms with Crippen molar-refractivity contribution in [2.24, 2.45) is 23.2 Å². The maximum absolute atomic E-state index is 13.0. The molecule has 1 aliphatic heterocycles. The Hall–Kier alpha value is -1.88. The van der Waals surface area contributed by atoms with Crippen molar-refractivity contribution in [3.05, 3.63) is 35.9 Å². The van der Waals surface area contributed by atoms with Gasteiger partial charge in [0.1, 0.15) is 0 Å². The SMILES string of the molecule is O=C(CNC(=O)C12CC3CC(CC1C3)C2)N1CCN(Cc2ccccc2)CC1. The normalized spacial score (nSPS) is 34.0. The Morgan fingerprint density at radius 3 is 2.32 bits per heavy atom. The van der Waals surface area contributed by atoms with E-state index in [9.17, 15) is 9.59 Å². The van der Waals surface area contributed by atoms with Crippen LogP contribution in [-0.2, 0) is 16.1 Å². The minimum Gasteiger partial charge on any atom is -0.347 e. The van der Waals surface area contributed by atoms with Crippen LogP contribution < -0.4 is 5.32 Å². The number of carbonyl (C=O) groups excluding carboxylic acids is 2. The molecule has 1 saturated heterocycles. The molecule has 4 aliphatic carbocycles. The van der Waals surface area contributed by atoms with Crippen molar-refractivity contribution in [1.29, 1.82) is 0 Å². The third-order valence-electron chi connectivity index (χ3n) is 7.82. The number of carbonyl (C=O) groups is 2. The molecule has 0 aromatic heterocycles. The minimum absolute atomic E-state index is 0.0711. The lowest BCUT2D eigenvalue weighted by Crippen LogP contribution is -2.52. The highest BCUT2D eigenvalue weighted by Crippen LogP contribution is 2.65. The quantitative estimate of drug-likeness (QED) is 0.851. The number of rotatable bonds is 5. The number of nitrogens with zero attached hydrogens (tertiary/aromatic N) is 2. The average Bonchev–Trinajstić information content (AvgIpc) is 3.12. The highest BCUT2D eigenvalue weighted by molar-refractivity contribution is 5.88. The fourth-order valence-electron chi connectivity index (χ4n) is 6.61. The second-order valence-corrected chi connectivity index (χ2v) is 9.53. The number of hydrogen-bond acceptors (Lipinski definition) is 3. The van der Waals surface area contributed by atoms with Gasteiger partial charge in [-0.2, -0.15) is 0 Å². The van der Waals surface area contributed by atoms with Crippen LogP contribution in [0, 0.1) is 23.2 Å². The summed E-state index contributed by atoms with van der Waals surface area (Å²) in [7, 11) is 0. The Labute approximate surface area is 167 Å². The van der Waals surface area contributed by atoms with Crippen molar-refractivity contribution in [2.75, 3.05) is 32.7 Å². The van der Waals surface area contributed by atoms with Crippen molar-refractivity contribution < 1.29 is 9.59 Å². The van der Waals surface area contributed by atoms with Gasteiger partial charge in [0.15, 0.2) is 0 Å². The number of piperazine rings is 1. The Balaban J connectivity index is 1.09. The molecule has 5 aliphatic rings. The molecule has 4 bridgehead atoms. The summed E-state index contributed by atoms with van der Waals surface area (Å²) in [4.78, 5) is 29.9. The molecular weight excluding hydrogens is 350 g/mol. The van der Waals surface area contributed by atoms with Crippen LogP contribution >= 0.6 is 0 Å². The summed E-state index contributed by atoms with van der Waals surface area (Å²) in [6.45, 7) is 4.39. The smallest absolute Gasteiger partial charge is 0.242 e. The van der Waals surface area contributed by atoms with Crippen LogP contribution in [0.1, 0.15) is 37.7 Å². The Morgan fingerprint density at radius 2 is 1.64 bits per heavy atom. The monoisotopic (exact) mass is 381 g/mol. The lowest BCUT2D eigenvalue weighted by Gasteiger charge is -2.35. The highest BCUT2D eigenvalue weighted by Gasteiger charge is 2.61. The highest BCUT2D eigenvalue weighted by atomic mass is 16.2. The van der Waals surface area contributed by atoms with E-state index in [1.807, 2.05) is 11.0 Å². The number of benzene rings is 1. The maximum atomic E-state index is 13.0. The van der Waals surface area contributed by atoms with Gasteiger partial charge in [-0.1, -0.05) is 30.3 Å². The fourth-order valence-corrected chi connectivity index (χ4v) is 6.61. The summed E-state index contributed by atoms with van der Waals surface area (Å²) >= 11 is 0. The summed E-state index contributed by atoms with van der Waals surface area (Å²) in [5.41, 5.74) is 1.18. The van der Waals surface area contributed by atoms with Gasteiger partial charge < -0.3 is 10.2 Å². The second kappa shape index (κ2) is 7.18. The summed E-state index contributed by atoms with van der Waals surface area (Å²) in [6.07, 6.45) is 5.93. The second-order valence-electron chi connectivity index (χ2n) is 9.53. The molecule has 1 aromatic rings. The van der Waals surface area contributed by atoms with Gasteiger partial charge in [-0.15, -0.1) is 0 Å². The van der Waals surface area contributed by atoms with Gasteiger partial charge >= 0.3 is 0 Å². The molecule has 2 amide bonds. The maximum Gasteiger partial charge on any atom is 0.242 e. The zero-order chi connectivity index (χ0) is 19.1. The molecule has 0 radical (unpaired) electrons. The largest absolute Gasteiger partial charge is 0.347 e. The first kappa shape index (κ1) is 18.2. The van der Waals surface area contributed by atoms with E-state index in [0.717, 1.165) is 57.4 Å². The van der Waals surface area contributed by atoms with Crippen LogP contribution in [0.2, 0.25) is 0 Å². The van der Waals surface area contributed by atoms with E-state index in [1.54, 1.807) is 0 Å². The third kappa shape index (κ3) is 3.24. The molecule has 5 fully saturated rings. The predicted molar refractivity (Wildman–Crippen MR) is 107 cm³/mol. The molecule has 6 rings (SSSR count). The van der Waals surface area contributed by atoms with Crippen LogP contribution in [0.5, 0.6) is 0 Å². The van der Waals surface area contributed by atoms with Crippen molar-refractivity contribution in [1.82, 2.24) is 15.1 Å². The fraction of sp³-hybridized carbons (Fsp3) is 0.652. The topological polar surface area (TPSA) is 52.7 Å². The Kier molecular flexibility index (Phi) is 4.66. The standard InChI is InChI=1S/C23H31N3O2/c27-21(26-8-6-25(7-9-26)16-17-4-2-1-3-5-17)15-24-22(28)23-13-18-10-19(14-23)12-20(23)11-18/h1-5,18-20H,6-16H2,(H,24,28). The van der Waals surface area contributed by atoms with Gasteiger partial charge in [0.05, 0.1) is 12.0 Å². The Morgan fingerprint density at radius 1 is 0.964 bits per heavy atom. The molecule has 2 atom stereocenters. The molecule has 5 nitrogen and oxygen atoms in total. The van der Waals surface area contributed by atoms with Gasteiger partial charge in [0.2, 0.25) is 11.8 Å². The molecule has 150 valence electrons. The molecule has 5 heteroatoms.